The lowest BCUT2D eigenvalue weighted by Crippen LogP contribution is -1.83. The van der Waals surface area contributed by atoms with Crippen LogP contribution in [0.2, 0.25) is 0 Å². The van der Waals surface area contributed by atoms with E-state index < -0.39 is 0 Å². The smallest absolute Gasteiger partial charge is 0.143 e. The van der Waals surface area contributed by atoms with Crippen LogP contribution in [0.15, 0.2) is 77.3 Å². The maximum atomic E-state index is 6.08. The van der Waals surface area contributed by atoms with Crippen LogP contribution in [0.5, 0.6) is 0 Å². The van der Waals surface area contributed by atoms with Crippen LogP contribution in [0.3, 0.4) is 0 Å². The van der Waals surface area contributed by atoms with Gasteiger partial charge in [0.2, 0.25) is 0 Å². The number of hydrogen-bond acceptors (Lipinski definition) is 1. The van der Waals surface area contributed by atoms with E-state index in [4.69, 9.17) is 4.42 Å². The first kappa shape index (κ1) is 15.4. The van der Waals surface area contributed by atoms with Crippen molar-refractivity contribution in [2.45, 2.75) is 20.8 Å². The van der Waals surface area contributed by atoms with E-state index in [1.165, 1.54) is 5.57 Å². The molecular formula is C22H22O. The molecule has 2 aromatic carbocycles. The van der Waals surface area contributed by atoms with Gasteiger partial charge >= 0.3 is 0 Å². The third-order valence-electron chi connectivity index (χ3n) is 3.90. The van der Waals surface area contributed by atoms with E-state index >= 15 is 0 Å². The lowest BCUT2D eigenvalue weighted by atomic mass is 10.0. The standard InChI is InChI=1S/C22H22O/c1-15(2)12-13-16(3)14-17(4)18-9-7-10-20-19-8-5-6-11-21(19)23-22(18)20/h5-15H,4H2,1-3H3. The van der Waals surface area contributed by atoms with Gasteiger partial charge in [-0.2, -0.15) is 0 Å². The minimum Gasteiger partial charge on any atom is -0.455 e. The van der Waals surface area contributed by atoms with Crippen molar-refractivity contribution in [3.8, 4) is 0 Å². The highest BCUT2D eigenvalue weighted by atomic mass is 16.3. The zero-order valence-corrected chi connectivity index (χ0v) is 14.0. The highest BCUT2D eigenvalue weighted by Gasteiger charge is 2.11. The molecule has 0 atom stereocenters. The molecule has 1 heterocycles. The maximum absolute atomic E-state index is 6.08. The summed E-state index contributed by atoms with van der Waals surface area (Å²) in [7, 11) is 0. The zero-order valence-electron chi connectivity index (χ0n) is 14.0. The van der Waals surface area contributed by atoms with E-state index in [1.807, 2.05) is 18.2 Å². The molecule has 0 N–H and O–H groups in total. The van der Waals surface area contributed by atoms with Crippen molar-refractivity contribution < 1.29 is 4.42 Å². The van der Waals surface area contributed by atoms with Gasteiger partial charge in [-0.3, -0.25) is 0 Å². The molecule has 0 aliphatic heterocycles. The molecule has 1 heteroatoms. The van der Waals surface area contributed by atoms with Crippen LogP contribution in [-0.4, -0.2) is 0 Å². The topological polar surface area (TPSA) is 13.1 Å². The van der Waals surface area contributed by atoms with Crippen molar-refractivity contribution >= 4 is 27.5 Å². The van der Waals surface area contributed by atoms with Crippen LogP contribution in [0.4, 0.5) is 0 Å². The molecule has 0 aliphatic carbocycles. The summed E-state index contributed by atoms with van der Waals surface area (Å²) in [6.45, 7) is 10.7. The van der Waals surface area contributed by atoms with Gasteiger partial charge in [-0.25, -0.2) is 0 Å². The second-order valence-electron chi connectivity index (χ2n) is 6.30. The van der Waals surface area contributed by atoms with Crippen LogP contribution in [-0.2, 0) is 0 Å². The van der Waals surface area contributed by atoms with Gasteiger partial charge in [-0.15, -0.1) is 0 Å². The van der Waals surface area contributed by atoms with Crippen molar-refractivity contribution in [2.24, 2.45) is 5.92 Å². The normalized spacial score (nSPS) is 12.8. The molecule has 23 heavy (non-hydrogen) atoms. The average Bonchev–Trinajstić information content (AvgIpc) is 2.91. The third-order valence-corrected chi connectivity index (χ3v) is 3.90. The van der Waals surface area contributed by atoms with Crippen molar-refractivity contribution in [2.75, 3.05) is 0 Å². The third kappa shape index (κ3) is 3.14. The van der Waals surface area contributed by atoms with Gasteiger partial charge in [0, 0.05) is 16.3 Å². The van der Waals surface area contributed by atoms with Crippen LogP contribution in [0, 0.1) is 5.92 Å². The van der Waals surface area contributed by atoms with Gasteiger partial charge in [0.1, 0.15) is 11.2 Å². The molecule has 0 radical (unpaired) electrons. The molecule has 0 unspecified atom stereocenters. The monoisotopic (exact) mass is 302 g/mol. The SMILES string of the molecule is C=C(C=C(C)C=CC(C)C)c1cccc2c1oc1ccccc12. The Labute approximate surface area is 137 Å². The first-order valence-electron chi connectivity index (χ1n) is 8.02. The minimum absolute atomic E-state index is 0.547. The van der Waals surface area contributed by atoms with E-state index in [1.54, 1.807) is 0 Å². The fraction of sp³-hybridized carbons (Fsp3) is 0.182. The first-order chi connectivity index (χ1) is 11.1. The molecule has 1 nitrogen and oxygen atoms in total. The first-order valence-corrected chi connectivity index (χ1v) is 8.02. The van der Waals surface area contributed by atoms with Gasteiger partial charge in [0.25, 0.3) is 0 Å². The number of furan rings is 1. The summed E-state index contributed by atoms with van der Waals surface area (Å²) in [4.78, 5) is 0. The molecule has 0 spiro atoms. The molecule has 0 aliphatic rings. The van der Waals surface area contributed by atoms with Crippen LogP contribution in [0.1, 0.15) is 26.3 Å². The summed E-state index contributed by atoms with van der Waals surface area (Å²) >= 11 is 0. The number of para-hydroxylation sites is 2. The van der Waals surface area contributed by atoms with E-state index in [0.717, 1.165) is 33.1 Å². The molecule has 1 aromatic heterocycles. The Kier molecular flexibility index (Phi) is 4.20. The Balaban J connectivity index is 2.06. The molecule has 0 saturated heterocycles. The highest BCUT2D eigenvalue weighted by molar-refractivity contribution is 6.08. The number of benzene rings is 2. The minimum atomic E-state index is 0.547. The molecule has 0 fully saturated rings. The molecule has 0 amide bonds. The number of hydrogen-bond donors (Lipinski definition) is 0. The highest BCUT2D eigenvalue weighted by Crippen LogP contribution is 2.33. The number of rotatable bonds is 4. The van der Waals surface area contributed by atoms with Crippen LogP contribution < -0.4 is 0 Å². The second kappa shape index (κ2) is 6.29. The Morgan fingerprint density at radius 2 is 1.78 bits per heavy atom. The predicted molar refractivity (Wildman–Crippen MR) is 100 cm³/mol. The summed E-state index contributed by atoms with van der Waals surface area (Å²) < 4.78 is 6.08. The van der Waals surface area contributed by atoms with Gasteiger partial charge in [-0.1, -0.05) is 80.6 Å². The van der Waals surface area contributed by atoms with Crippen LogP contribution in [0.25, 0.3) is 27.5 Å². The molecular weight excluding hydrogens is 280 g/mol. The number of fused-ring (bicyclic) bond motifs is 3. The summed E-state index contributed by atoms with van der Waals surface area (Å²) in [6.07, 6.45) is 6.45. The van der Waals surface area contributed by atoms with E-state index in [2.05, 4.69) is 69.8 Å². The predicted octanol–water partition coefficient (Wildman–Crippen LogP) is 6.76. The molecule has 0 saturated carbocycles. The summed E-state index contributed by atoms with van der Waals surface area (Å²) in [6, 6.07) is 14.4. The zero-order chi connectivity index (χ0) is 16.4. The Morgan fingerprint density at radius 1 is 1.04 bits per heavy atom. The molecule has 116 valence electrons. The molecule has 3 aromatic rings. The maximum Gasteiger partial charge on any atom is 0.143 e. The van der Waals surface area contributed by atoms with Gasteiger partial charge in [-0.05, 0) is 24.5 Å². The van der Waals surface area contributed by atoms with E-state index in [-0.39, 0.29) is 0 Å². The molecule has 3 rings (SSSR count). The quantitative estimate of drug-likeness (QED) is 0.485. The number of allylic oxidation sites excluding steroid dienone is 5. The van der Waals surface area contributed by atoms with Crippen molar-refractivity contribution in [1.29, 1.82) is 0 Å². The van der Waals surface area contributed by atoms with Gasteiger partial charge in [0.05, 0.1) is 0 Å². The van der Waals surface area contributed by atoms with E-state index in [9.17, 15) is 0 Å². The fourth-order valence-electron chi connectivity index (χ4n) is 2.74. The Morgan fingerprint density at radius 3 is 2.57 bits per heavy atom. The van der Waals surface area contributed by atoms with Crippen molar-refractivity contribution in [3.63, 3.8) is 0 Å². The van der Waals surface area contributed by atoms with Gasteiger partial charge < -0.3 is 4.42 Å². The van der Waals surface area contributed by atoms with Crippen molar-refractivity contribution in [3.05, 3.63) is 78.4 Å². The largest absolute Gasteiger partial charge is 0.455 e. The fourth-order valence-corrected chi connectivity index (χ4v) is 2.74. The lowest BCUT2D eigenvalue weighted by molar-refractivity contribution is 0.668. The van der Waals surface area contributed by atoms with Crippen molar-refractivity contribution in [1.82, 2.24) is 0 Å². The summed E-state index contributed by atoms with van der Waals surface area (Å²) in [5, 5.41) is 2.29. The lowest BCUT2D eigenvalue weighted by Gasteiger charge is -2.03. The van der Waals surface area contributed by atoms with E-state index in [0.29, 0.717) is 5.92 Å². The van der Waals surface area contributed by atoms with Crippen LogP contribution >= 0.6 is 0 Å². The average molecular weight is 302 g/mol. The van der Waals surface area contributed by atoms with Gasteiger partial charge in [0.15, 0.2) is 0 Å². The summed E-state index contributed by atoms with van der Waals surface area (Å²) in [5.74, 6) is 0.547. The summed E-state index contributed by atoms with van der Waals surface area (Å²) in [5.41, 5.74) is 5.05. The Hall–Kier alpha value is -2.54. The molecule has 0 bridgehead atoms. The Bertz CT molecular complexity index is 919. The second-order valence-corrected chi connectivity index (χ2v) is 6.30.